The van der Waals surface area contributed by atoms with Gasteiger partial charge in [0.15, 0.2) is 0 Å². The third-order valence-corrected chi connectivity index (χ3v) is 3.38. The van der Waals surface area contributed by atoms with Crippen LogP contribution in [0.15, 0.2) is 42.5 Å². The molecule has 2 aromatic carbocycles. The van der Waals surface area contributed by atoms with E-state index in [2.05, 4.69) is 16.7 Å². The third-order valence-electron chi connectivity index (χ3n) is 3.38. The number of likely N-dealkylation sites (N-methyl/N-ethyl adjacent to an activating group) is 1. The summed E-state index contributed by atoms with van der Waals surface area (Å²) in [6.07, 6.45) is 0. The molecule has 1 atom stereocenters. The summed E-state index contributed by atoms with van der Waals surface area (Å²) in [4.78, 5) is 11.8. The highest BCUT2D eigenvalue weighted by Crippen LogP contribution is 2.35. The molecule has 0 saturated heterocycles. The number of nitrogens with zero attached hydrogens (tertiary/aromatic N) is 1. The first-order valence-corrected chi connectivity index (χ1v) is 6.52. The van der Waals surface area contributed by atoms with Gasteiger partial charge in [-0.2, -0.15) is 5.26 Å². The lowest BCUT2D eigenvalue weighted by Crippen LogP contribution is -2.23. The van der Waals surface area contributed by atoms with Crippen LogP contribution in [-0.4, -0.2) is 13.0 Å². The number of para-hydroxylation sites is 1. The highest BCUT2D eigenvalue weighted by atomic mass is 16.5. The number of ether oxygens (including phenoxy) is 1. The predicted octanol–water partition coefficient (Wildman–Crippen LogP) is 2.56. The maximum Gasteiger partial charge on any atom is 0.246 e. The van der Waals surface area contributed by atoms with Gasteiger partial charge in [-0.3, -0.25) is 4.79 Å². The predicted molar refractivity (Wildman–Crippen MR) is 78.1 cm³/mol. The molecule has 0 aromatic heterocycles. The number of hydrogen-bond acceptors (Lipinski definition) is 4. The summed E-state index contributed by atoms with van der Waals surface area (Å²) in [7, 11) is 1.74. The number of rotatable bonds is 3. The molecular formula is C16H13N3O2. The number of fused-ring (bicyclic) bond motifs is 1. The standard InChI is InChI=1S/C16H13N3O2/c1-18-15-12-7-6-11(8-13(12)19-16(15)20)21-14-5-3-2-4-10(14)9-17/h2-8,15,18H,1H3,(H,19,20). The second kappa shape index (κ2) is 5.27. The van der Waals surface area contributed by atoms with Crippen molar-refractivity contribution < 1.29 is 9.53 Å². The molecule has 0 saturated carbocycles. The van der Waals surface area contributed by atoms with Crippen LogP contribution in [0.25, 0.3) is 0 Å². The molecule has 1 aliphatic rings. The molecule has 0 spiro atoms. The van der Waals surface area contributed by atoms with Gasteiger partial charge in [0.25, 0.3) is 0 Å². The summed E-state index contributed by atoms with van der Waals surface area (Å²) < 4.78 is 5.74. The number of nitrogens with one attached hydrogen (secondary N) is 2. The maximum absolute atomic E-state index is 11.8. The van der Waals surface area contributed by atoms with Gasteiger partial charge in [-0.1, -0.05) is 18.2 Å². The van der Waals surface area contributed by atoms with Crippen LogP contribution in [-0.2, 0) is 4.79 Å². The van der Waals surface area contributed by atoms with Gasteiger partial charge in [0.1, 0.15) is 23.6 Å². The molecule has 0 bridgehead atoms. The van der Waals surface area contributed by atoms with Crippen LogP contribution >= 0.6 is 0 Å². The third kappa shape index (κ3) is 2.33. The molecule has 1 amide bonds. The zero-order valence-electron chi connectivity index (χ0n) is 11.4. The number of amides is 1. The fraction of sp³-hybridized carbons (Fsp3) is 0.125. The molecule has 21 heavy (non-hydrogen) atoms. The number of carbonyl (C=O) groups is 1. The van der Waals surface area contributed by atoms with Gasteiger partial charge >= 0.3 is 0 Å². The van der Waals surface area contributed by atoms with Gasteiger partial charge in [-0.15, -0.1) is 0 Å². The molecule has 5 heteroatoms. The van der Waals surface area contributed by atoms with Crippen LogP contribution in [0.4, 0.5) is 5.69 Å². The van der Waals surface area contributed by atoms with Crippen molar-refractivity contribution in [3.05, 3.63) is 53.6 Å². The van der Waals surface area contributed by atoms with Crippen LogP contribution in [0.3, 0.4) is 0 Å². The Kier molecular flexibility index (Phi) is 3.30. The largest absolute Gasteiger partial charge is 0.456 e. The molecule has 3 rings (SSSR count). The zero-order chi connectivity index (χ0) is 14.8. The lowest BCUT2D eigenvalue weighted by atomic mass is 10.1. The van der Waals surface area contributed by atoms with E-state index >= 15 is 0 Å². The van der Waals surface area contributed by atoms with Gasteiger partial charge in [0.2, 0.25) is 5.91 Å². The molecule has 2 N–H and O–H groups in total. The number of anilines is 1. The topological polar surface area (TPSA) is 74.2 Å². The van der Waals surface area contributed by atoms with Crippen molar-refractivity contribution in [1.82, 2.24) is 5.32 Å². The first-order chi connectivity index (χ1) is 10.2. The van der Waals surface area contributed by atoms with E-state index in [1.807, 2.05) is 12.1 Å². The van der Waals surface area contributed by atoms with Crippen LogP contribution in [0.2, 0.25) is 0 Å². The van der Waals surface area contributed by atoms with Crippen LogP contribution < -0.4 is 15.4 Å². The smallest absolute Gasteiger partial charge is 0.246 e. The summed E-state index contributed by atoms with van der Waals surface area (Å²) in [6, 6.07) is 14.2. The van der Waals surface area contributed by atoms with E-state index in [1.165, 1.54) is 0 Å². The Hall–Kier alpha value is -2.84. The molecule has 1 aliphatic heterocycles. The van der Waals surface area contributed by atoms with Crippen LogP contribution in [0.1, 0.15) is 17.2 Å². The SMILES string of the molecule is CNC1C(=O)Nc2cc(Oc3ccccc3C#N)ccc21. The van der Waals surface area contributed by atoms with Crippen molar-refractivity contribution in [3.63, 3.8) is 0 Å². The van der Waals surface area contributed by atoms with Crippen LogP contribution in [0, 0.1) is 11.3 Å². The van der Waals surface area contributed by atoms with E-state index < -0.39 is 0 Å². The molecule has 0 fully saturated rings. The second-order valence-electron chi connectivity index (χ2n) is 4.67. The fourth-order valence-electron chi connectivity index (χ4n) is 2.37. The Morgan fingerprint density at radius 1 is 1.29 bits per heavy atom. The molecule has 5 nitrogen and oxygen atoms in total. The van der Waals surface area contributed by atoms with Crippen molar-refractivity contribution in [2.75, 3.05) is 12.4 Å². The monoisotopic (exact) mass is 279 g/mol. The summed E-state index contributed by atoms with van der Waals surface area (Å²) >= 11 is 0. The van der Waals surface area contributed by atoms with Gasteiger partial charge in [-0.05, 0) is 25.2 Å². The molecule has 0 radical (unpaired) electrons. The van der Waals surface area contributed by atoms with Gasteiger partial charge < -0.3 is 15.4 Å². The number of benzene rings is 2. The summed E-state index contributed by atoms with van der Waals surface area (Å²) in [5.74, 6) is 0.991. The Balaban J connectivity index is 1.91. The molecule has 0 aliphatic carbocycles. The van der Waals surface area contributed by atoms with E-state index in [4.69, 9.17) is 10.00 Å². The molecular weight excluding hydrogens is 266 g/mol. The zero-order valence-corrected chi connectivity index (χ0v) is 11.4. The van der Waals surface area contributed by atoms with Crippen LogP contribution in [0.5, 0.6) is 11.5 Å². The minimum atomic E-state index is -0.333. The van der Waals surface area contributed by atoms with E-state index in [9.17, 15) is 4.79 Å². The lowest BCUT2D eigenvalue weighted by molar-refractivity contribution is -0.117. The van der Waals surface area contributed by atoms with Crippen molar-refractivity contribution in [3.8, 4) is 17.6 Å². The summed E-state index contributed by atoms with van der Waals surface area (Å²) in [5.41, 5.74) is 2.09. The van der Waals surface area contributed by atoms with Crippen molar-refractivity contribution in [2.24, 2.45) is 0 Å². The average molecular weight is 279 g/mol. The van der Waals surface area contributed by atoms with E-state index in [-0.39, 0.29) is 11.9 Å². The Morgan fingerprint density at radius 3 is 2.86 bits per heavy atom. The van der Waals surface area contributed by atoms with Gasteiger partial charge in [0.05, 0.1) is 5.56 Å². The highest BCUT2D eigenvalue weighted by molar-refractivity contribution is 6.02. The molecule has 1 unspecified atom stereocenters. The molecule has 1 heterocycles. The number of nitriles is 1. The molecule has 104 valence electrons. The van der Waals surface area contributed by atoms with Gasteiger partial charge in [-0.25, -0.2) is 0 Å². The second-order valence-corrected chi connectivity index (χ2v) is 4.67. The first-order valence-electron chi connectivity index (χ1n) is 6.52. The normalized spacial score (nSPS) is 16.0. The lowest BCUT2D eigenvalue weighted by Gasteiger charge is -2.10. The minimum Gasteiger partial charge on any atom is -0.456 e. The number of hydrogen-bond donors (Lipinski definition) is 2. The van der Waals surface area contributed by atoms with E-state index in [0.29, 0.717) is 17.1 Å². The van der Waals surface area contributed by atoms with E-state index in [1.54, 1.807) is 37.4 Å². The summed E-state index contributed by atoms with van der Waals surface area (Å²) in [6.45, 7) is 0. The van der Waals surface area contributed by atoms with Crippen molar-refractivity contribution in [1.29, 1.82) is 5.26 Å². The Bertz CT molecular complexity index is 749. The summed E-state index contributed by atoms with van der Waals surface area (Å²) in [5, 5.41) is 14.8. The number of carbonyl (C=O) groups excluding carboxylic acids is 1. The quantitative estimate of drug-likeness (QED) is 0.905. The fourth-order valence-corrected chi connectivity index (χ4v) is 2.37. The Morgan fingerprint density at radius 2 is 2.10 bits per heavy atom. The van der Waals surface area contributed by atoms with Crippen molar-refractivity contribution in [2.45, 2.75) is 6.04 Å². The average Bonchev–Trinajstić information content (AvgIpc) is 2.82. The van der Waals surface area contributed by atoms with E-state index in [0.717, 1.165) is 11.3 Å². The van der Waals surface area contributed by atoms with Crippen molar-refractivity contribution >= 4 is 11.6 Å². The maximum atomic E-state index is 11.8. The first kappa shape index (κ1) is 13.2. The van der Waals surface area contributed by atoms with Gasteiger partial charge in [0, 0.05) is 17.3 Å². The molecule has 2 aromatic rings. The highest BCUT2D eigenvalue weighted by Gasteiger charge is 2.29. The Labute approximate surface area is 122 Å². The minimum absolute atomic E-state index is 0.0814.